The van der Waals surface area contributed by atoms with Crippen LogP contribution in [0.2, 0.25) is 5.02 Å². The van der Waals surface area contributed by atoms with Gasteiger partial charge in [-0.2, -0.15) is 0 Å². The predicted molar refractivity (Wildman–Crippen MR) is 98.5 cm³/mol. The van der Waals surface area contributed by atoms with Gasteiger partial charge in [0.15, 0.2) is 13.2 Å². The van der Waals surface area contributed by atoms with Gasteiger partial charge in [0.05, 0.1) is 0 Å². The molecular weight excluding hydrogens is 360 g/mol. The first-order valence-electron chi connectivity index (χ1n) is 8.29. The van der Waals surface area contributed by atoms with Crippen molar-refractivity contribution in [3.8, 4) is 5.75 Å². The molecule has 0 fully saturated rings. The van der Waals surface area contributed by atoms with Crippen molar-refractivity contribution in [1.29, 1.82) is 0 Å². The van der Waals surface area contributed by atoms with E-state index in [1.165, 1.54) is 0 Å². The molecule has 0 saturated carbocycles. The number of urea groups is 1. The molecule has 2 N–H and O–H groups in total. The molecule has 7 nitrogen and oxygen atoms in total. The minimum atomic E-state index is -0.721. The molecule has 1 aromatic carbocycles. The Balaban J connectivity index is 2.51. The van der Waals surface area contributed by atoms with E-state index < -0.39 is 24.5 Å². The number of carbonyl (C=O) groups excluding carboxylic acids is 3. The number of hydrogen-bond acceptors (Lipinski definition) is 5. The Bertz CT molecular complexity index is 674. The maximum absolute atomic E-state index is 11.8. The summed E-state index contributed by atoms with van der Waals surface area (Å²) in [5.41, 5.74) is 1.70. The van der Waals surface area contributed by atoms with E-state index in [4.69, 9.17) is 21.1 Å². The molecule has 0 aliphatic carbocycles. The fourth-order valence-corrected chi connectivity index (χ4v) is 2.20. The van der Waals surface area contributed by atoms with Gasteiger partial charge in [-0.25, -0.2) is 9.59 Å². The first kappa shape index (κ1) is 21.8. The Morgan fingerprint density at radius 1 is 1.12 bits per heavy atom. The summed E-state index contributed by atoms with van der Waals surface area (Å²) in [5.74, 6) is -0.739. The third kappa shape index (κ3) is 7.31. The number of imide groups is 1. The molecule has 1 aromatic rings. The third-order valence-corrected chi connectivity index (χ3v) is 3.70. The van der Waals surface area contributed by atoms with Gasteiger partial charge in [-0.15, -0.1) is 0 Å². The average molecular weight is 385 g/mol. The predicted octanol–water partition coefficient (Wildman–Crippen LogP) is 2.93. The standard InChI is InChI=1S/C18H25ClN2O5/c1-10(2)13-7-14(19)12(5)6-15(13)25-9-17(23)26-8-16(22)21-18(24)20-11(3)4/h6-7,10-11H,8-9H2,1-5H3,(H2,20,21,22,24). The number of hydrogen-bond donors (Lipinski definition) is 2. The summed E-state index contributed by atoms with van der Waals surface area (Å²) >= 11 is 6.13. The fourth-order valence-electron chi connectivity index (χ4n) is 2.03. The third-order valence-electron chi connectivity index (χ3n) is 3.30. The van der Waals surface area contributed by atoms with Gasteiger partial charge < -0.3 is 14.8 Å². The molecule has 0 radical (unpaired) electrons. The van der Waals surface area contributed by atoms with E-state index in [9.17, 15) is 14.4 Å². The highest BCUT2D eigenvalue weighted by Gasteiger charge is 2.15. The summed E-state index contributed by atoms with van der Waals surface area (Å²) in [4.78, 5) is 34.7. The highest BCUT2D eigenvalue weighted by molar-refractivity contribution is 6.31. The van der Waals surface area contributed by atoms with Crippen LogP contribution in [0.1, 0.15) is 44.7 Å². The molecule has 0 spiro atoms. The first-order chi connectivity index (χ1) is 12.1. The lowest BCUT2D eigenvalue weighted by Crippen LogP contribution is -2.44. The number of amides is 3. The Labute approximate surface area is 158 Å². The number of benzene rings is 1. The van der Waals surface area contributed by atoms with Gasteiger partial charge in [0.2, 0.25) is 0 Å². The van der Waals surface area contributed by atoms with Gasteiger partial charge in [-0.3, -0.25) is 10.1 Å². The van der Waals surface area contributed by atoms with Gasteiger partial charge in [-0.05, 0) is 49.9 Å². The number of nitrogens with one attached hydrogen (secondary N) is 2. The molecular formula is C18H25ClN2O5. The van der Waals surface area contributed by atoms with Crippen molar-refractivity contribution >= 4 is 29.5 Å². The van der Waals surface area contributed by atoms with E-state index in [0.717, 1.165) is 11.1 Å². The van der Waals surface area contributed by atoms with Crippen molar-refractivity contribution in [1.82, 2.24) is 10.6 Å². The van der Waals surface area contributed by atoms with Gasteiger partial charge in [0, 0.05) is 11.1 Å². The maximum atomic E-state index is 11.8. The molecule has 0 heterocycles. The summed E-state index contributed by atoms with van der Waals surface area (Å²) in [6.45, 7) is 8.40. The van der Waals surface area contributed by atoms with Gasteiger partial charge >= 0.3 is 12.0 Å². The second-order valence-corrected chi connectivity index (χ2v) is 6.83. The summed E-state index contributed by atoms with van der Waals surface area (Å²) in [7, 11) is 0. The molecule has 8 heteroatoms. The Kier molecular flexibility index (Phi) is 8.38. The molecule has 0 unspecified atom stereocenters. The van der Waals surface area contributed by atoms with Crippen LogP contribution in [0.4, 0.5) is 4.79 Å². The first-order valence-corrected chi connectivity index (χ1v) is 8.66. The molecule has 0 bridgehead atoms. The zero-order valence-corrected chi connectivity index (χ0v) is 16.4. The summed E-state index contributed by atoms with van der Waals surface area (Å²) in [5, 5.41) is 5.17. The largest absolute Gasteiger partial charge is 0.482 e. The van der Waals surface area contributed by atoms with Crippen LogP contribution in [0.25, 0.3) is 0 Å². The van der Waals surface area contributed by atoms with Crippen molar-refractivity contribution in [2.24, 2.45) is 0 Å². The van der Waals surface area contributed by atoms with E-state index >= 15 is 0 Å². The molecule has 0 saturated heterocycles. The summed E-state index contributed by atoms with van der Waals surface area (Å²) in [6.07, 6.45) is 0. The molecule has 0 atom stereocenters. The average Bonchev–Trinajstić information content (AvgIpc) is 2.52. The maximum Gasteiger partial charge on any atom is 0.344 e. The highest BCUT2D eigenvalue weighted by Crippen LogP contribution is 2.31. The Hall–Kier alpha value is -2.28. The molecule has 26 heavy (non-hydrogen) atoms. The number of carbonyl (C=O) groups is 3. The number of ether oxygens (including phenoxy) is 2. The zero-order valence-electron chi connectivity index (χ0n) is 15.6. The van der Waals surface area contributed by atoms with Crippen molar-refractivity contribution in [3.05, 3.63) is 28.3 Å². The lowest BCUT2D eigenvalue weighted by Gasteiger charge is -2.15. The monoisotopic (exact) mass is 384 g/mol. The van der Waals surface area contributed by atoms with E-state index in [-0.39, 0.29) is 18.6 Å². The molecule has 0 aromatic heterocycles. The van der Waals surface area contributed by atoms with Crippen LogP contribution >= 0.6 is 11.6 Å². The van der Waals surface area contributed by atoms with E-state index in [2.05, 4.69) is 10.6 Å². The number of halogens is 1. The van der Waals surface area contributed by atoms with Crippen molar-refractivity contribution in [2.75, 3.05) is 13.2 Å². The number of esters is 1. The van der Waals surface area contributed by atoms with Gasteiger partial charge in [0.1, 0.15) is 5.75 Å². The lowest BCUT2D eigenvalue weighted by molar-refractivity contribution is -0.150. The van der Waals surface area contributed by atoms with Crippen LogP contribution < -0.4 is 15.4 Å². The molecule has 1 rings (SSSR count). The molecule has 0 aliphatic rings. The van der Waals surface area contributed by atoms with E-state index in [0.29, 0.717) is 10.8 Å². The van der Waals surface area contributed by atoms with Gasteiger partial charge in [-0.1, -0.05) is 25.4 Å². The quantitative estimate of drug-likeness (QED) is 0.705. The van der Waals surface area contributed by atoms with Crippen LogP contribution in [0.5, 0.6) is 5.75 Å². The van der Waals surface area contributed by atoms with Crippen molar-refractivity contribution < 1.29 is 23.9 Å². The van der Waals surface area contributed by atoms with Gasteiger partial charge in [0.25, 0.3) is 5.91 Å². The minimum absolute atomic E-state index is 0.114. The Morgan fingerprint density at radius 2 is 1.77 bits per heavy atom. The minimum Gasteiger partial charge on any atom is -0.482 e. The van der Waals surface area contributed by atoms with Crippen LogP contribution in [0, 0.1) is 6.92 Å². The normalized spacial score (nSPS) is 10.6. The van der Waals surface area contributed by atoms with Crippen LogP contribution in [0.3, 0.4) is 0 Å². The zero-order chi connectivity index (χ0) is 19.9. The molecule has 3 amide bonds. The summed E-state index contributed by atoms with van der Waals surface area (Å²) in [6, 6.07) is 2.81. The second kappa shape index (κ2) is 10.0. The van der Waals surface area contributed by atoms with Crippen molar-refractivity contribution in [2.45, 2.75) is 46.6 Å². The Morgan fingerprint density at radius 3 is 2.35 bits per heavy atom. The second-order valence-electron chi connectivity index (χ2n) is 6.42. The van der Waals surface area contributed by atoms with Crippen LogP contribution in [0.15, 0.2) is 12.1 Å². The van der Waals surface area contributed by atoms with E-state index in [1.54, 1.807) is 19.9 Å². The lowest BCUT2D eigenvalue weighted by atomic mass is 10.0. The van der Waals surface area contributed by atoms with Crippen molar-refractivity contribution in [3.63, 3.8) is 0 Å². The summed E-state index contributed by atoms with van der Waals surface area (Å²) < 4.78 is 10.3. The van der Waals surface area contributed by atoms with E-state index in [1.807, 2.05) is 26.8 Å². The van der Waals surface area contributed by atoms with Crippen LogP contribution in [-0.2, 0) is 14.3 Å². The number of aryl methyl sites for hydroxylation is 1. The topological polar surface area (TPSA) is 93.7 Å². The number of rotatable bonds is 7. The highest BCUT2D eigenvalue weighted by atomic mass is 35.5. The molecule has 0 aliphatic heterocycles. The SMILES string of the molecule is Cc1cc(OCC(=O)OCC(=O)NC(=O)NC(C)C)c(C(C)C)cc1Cl. The van der Waals surface area contributed by atoms with Crippen LogP contribution in [-0.4, -0.2) is 37.2 Å². The fraction of sp³-hybridized carbons (Fsp3) is 0.500. The smallest absolute Gasteiger partial charge is 0.344 e. The molecule has 144 valence electrons.